The predicted molar refractivity (Wildman–Crippen MR) is 104 cm³/mol. The number of aromatic amines is 1. The van der Waals surface area contributed by atoms with Crippen LogP contribution in [-0.2, 0) is 14.3 Å². The van der Waals surface area contributed by atoms with E-state index < -0.39 is 18.5 Å². The number of ketones is 1. The van der Waals surface area contributed by atoms with E-state index >= 15 is 0 Å². The Morgan fingerprint density at radius 2 is 1.83 bits per heavy atom. The SMILES string of the molecule is CCOC(=O)c1[nH]c(C)c(C(=O)OCC(=O)c2ccc3c(c2)[C@H](C)C(=O)N3)c1C. The molecule has 0 aliphatic carbocycles. The number of nitrogens with one attached hydrogen (secondary N) is 2. The Labute approximate surface area is 167 Å². The van der Waals surface area contributed by atoms with E-state index in [1.54, 1.807) is 45.9 Å². The molecule has 1 aliphatic rings. The molecule has 29 heavy (non-hydrogen) atoms. The van der Waals surface area contributed by atoms with Gasteiger partial charge in [-0.1, -0.05) is 0 Å². The number of hydrogen-bond donors (Lipinski definition) is 2. The van der Waals surface area contributed by atoms with Crippen molar-refractivity contribution in [3.05, 3.63) is 51.8 Å². The molecule has 1 atom stereocenters. The van der Waals surface area contributed by atoms with Crippen molar-refractivity contribution in [2.75, 3.05) is 18.5 Å². The maximum absolute atomic E-state index is 12.5. The van der Waals surface area contributed by atoms with E-state index in [0.717, 1.165) is 5.56 Å². The molecule has 2 N–H and O–H groups in total. The van der Waals surface area contributed by atoms with Gasteiger partial charge in [-0.3, -0.25) is 9.59 Å². The summed E-state index contributed by atoms with van der Waals surface area (Å²) in [6.07, 6.45) is 0. The minimum atomic E-state index is -0.702. The number of carbonyl (C=O) groups excluding carboxylic acids is 4. The number of anilines is 1. The van der Waals surface area contributed by atoms with Crippen molar-refractivity contribution in [1.29, 1.82) is 0 Å². The van der Waals surface area contributed by atoms with E-state index in [1.165, 1.54) is 0 Å². The lowest BCUT2D eigenvalue weighted by molar-refractivity contribution is -0.116. The number of esters is 2. The molecule has 8 heteroatoms. The van der Waals surface area contributed by atoms with E-state index in [2.05, 4.69) is 10.3 Å². The fourth-order valence-corrected chi connectivity index (χ4v) is 3.34. The third-order valence-corrected chi connectivity index (χ3v) is 4.95. The standard InChI is InChI=1S/C21H22N2O6/c1-5-28-21(27)18-11(3)17(12(4)22-18)20(26)29-9-16(24)13-6-7-15-14(8-13)10(2)19(25)23-15/h6-8,10,22H,5,9H2,1-4H3,(H,23,25)/t10-/m0/s1. The lowest BCUT2D eigenvalue weighted by atomic mass is 9.99. The smallest absolute Gasteiger partial charge is 0.355 e. The van der Waals surface area contributed by atoms with Gasteiger partial charge < -0.3 is 19.8 Å². The summed E-state index contributed by atoms with van der Waals surface area (Å²) >= 11 is 0. The van der Waals surface area contributed by atoms with E-state index in [4.69, 9.17) is 9.47 Å². The first-order valence-electron chi connectivity index (χ1n) is 9.26. The maximum atomic E-state index is 12.5. The third-order valence-electron chi connectivity index (χ3n) is 4.95. The fourth-order valence-electron chi connectivity index (χ4n) is 3.34. The summed E-state index contributed by atoms with van der Waals surface area (Å²) in [6.45, 7) is 6.46. The molecule has 8 nitrogen and oxygen atoms in total. The summed E-state index contributed by atoms with van der Waals surface area (Å²) in [5, 5.41) is 2.74. The van der Waals surface area contributed by atoms with Crippen LogP contribution in [0.3, 0.4) is 0 Å². The van der Waals surface area contributed by atoms with E-state index in [-0.39, 0.29) is 35.5 Å². The normalized spacial score (nSPS) is 14.9. The van der Waals surface area contributed by atoms with Gasteiger partial charge in [0.15, 0.2) is 12.4 Å². The molecule has 1 aromatic heterocycles. The molecule has 0 bridgehead atoms. The van der Waals surface area contributed by atoms with Crippen LogP contribution >= 0.6 is 0 Å². The van der Waals surface area contributed by atoms with Crippen LogP contribution in [0.15, 0.2) is 18.2 Å². The van der Waals surface area contributed by atoms with Crippen molar-refractivity contribution in [2.24, 2.45) is 0 Å². The van der Waals surface area contributed by atoms with Gasteiger partial charge in [-0.25, -0.2) is 9.59 Å². The molecule has 2 heterocycles. The zero-order valence-corrected chi connectivity index (χ0v) is 16.7. The van der Waals surface area contributed by atoms with Gasteiger partial charge in [0.2, 0.25) is 5.91 Å². The van der Waals surface area contributed by atoms with E-state index in [9.17, 15) is 19.2 Å². The quantitative estimate of drug-likeness (QED) is 0.571. The molecule has 3 rings (SSSR count). The number of rotatable bonds is 6. The van der Waals surface area contributed by atoms with Crippen LogP contribution in [0.4, 0.5) is 5.69 Å². The van der Waals surface area contributed by atoms with Gasteiger partial charge in [0.1, 0.15) is 5.69 Å². The minimum absolute atomic E-state index is 0.119. The average Bonchev–Trinajstić information content (AvgIpc) is 3.14. The number of aryl methyl sites for hydroxylation is 1. The van der Waals surface area contributed by atoms with Gasteiger partial charge in [0.25, 0.3) is 0 Å². The molecule has 0 fully saturated rings. The second-order valence-corrected chi connectivity index (χ2v) is 6.86. The zero-order chi connectivity index (χ0) is 21.3. The second kappa shape index (κ2) is 7.90. The molecule has 2 aromatic rings. The van der Waals surface area contributed by atoms with Crippen LogP contribution in [0.2, 0.25) is 0 Å². The van der Waals surface area contributed by atoms with Gasteiger partial charge in [-0.05, 0) is 57.0 Å². The highest BCUT2D eigenvalue weighted by molar-refractivity contribution is 6.05. The van der Waals surface area contributed by atoms with Crippen molar-refractivity contribution >= 4 is 29.3 Å². The number of fused-ring (bicyclic) bond motifs is 1. The molecule has 0 spiro atoms. The molecule has 0 unspecified atom stereocenters. The predicted octanol–water partition coefficient (Wildman–Crippen LogP) is 2.90. The van der Waals surface area contributed by atoms with Crippen molar-refractivity contribution in [1.82, 2.24) is 4.98 Å². The van der Waals surface area contributed by atoms with Crippen LogP contribution in [-0.4, -0.2) is 41.8 Å². The molecule has 152 valence electrons. The van der Waals surface area contributed by atoms with Crippen LogP contribution in [0, 0.1) is 13.8 Å². The van der Waals surface area contributed by atoms with Crippen molar-refractivity contribution in [2.45, 2.75) is 33.6 Å². The molecule has 1 amide bonds. The Morgan fingerprint density at radius 1 is 1.10 bits per heavy atom. The largest absolute Gasteiger partial charge is 0.461 e. The number of benzene rings is 1. The van der Waals surface area contributed by atoms with Crippen molar-refractivity contribution < 1.29 is 28.7 Å². The first-order valence-corrected chi connectivity index (χ1v) is 9.26. The first kappa shape index (κ1) is 20.3. The highest BCUT2D eigenvalue weighted by Gasteiger charge is 2.28. The number of Topliss-reactive ketones (excluding diaryl/α,β-unsaturated/α-hetero) is 1. The summed E-state index contributed by atoms with van der Waals surface area (Å²) < 4.78 is 10.1. The van der Waals surface area contributed by atoms with Crippen LogP contribution < -0.4 is 5.32 Å². The number of carbonyl (C=O) groups is 4. The molecule has 0 radical (unpaired) electrons. The van der Waals surface area contributed by atoms with Gasteiger partial charge in [0, 0.05) is 16.9 Å². The number of amides is 1. The first-order chi connectivity index (χ1) is 13.7. The summed E-state index contributed by atoms with van der Waals surface area (Å²) in [6, 6.07) is 4.89. The van der Waals surface area contributed by atoms with E-state index in [1.807, 2.05) is 0 Å². The number of hydrogen-bond acceptors (Lipinski definition) is 6. The third kappa shape index (κ3) is 3.78. The Bertz CT molecular complexity index is 1020. The Hall–Kier alpha value is -3.42. The van der Waals surface area contributed by atoms with Gasteiger partial charge in [0.05, 0.1) is 18.1 Å². The van der Waals surface area contributed by atoms with Crippen LogP contribution in [0.25, 0.3) is 0 Å². The molecular formula is C21H22N2O6. The van der Waals surface area contributed by atoms with Gasteiger partial charge in [-0.15, -0.1) is 0 Å². The highest BCUT2D eigenvalue weighted by atomic mass is 16.5. The second-order valence-electron chi connectivity index (χ2n) is 6.86. The summed E-state index contributed by atoms with van der Waals surface area (Å²) in [5.74, 6) is -2.10. The van der Waals surface area contributed by atoms with Gasteiger partial charge >= 0.3 is 11.9 Å². The monoisotopic (exact) mass is 398 g/mol. The number of H-pyrrole nitrogens is 1. The average molecular weight is 398 g/mol. The lowest BCUT2D eigenvalue weighted by Crippen LogP contribution is -2.15. The maximum Gasteiger partial charge on any atom is 0.355 e. The number of aromatic nitrogens is 1. The molecule has 0 saturated carbocycles. The summed E-state index contributed by atoms with van der Waals surface area (Å²) in [7, 11) is 0. The number of ether oxygens (including phenoxy) is 2. The fraction of sp³-hybridized carbons (Fsp3) is 0.333. The Morgan fingerprint density at radius 3 is 2.52 bits per heavy atom. The Balaban J connectivity index is 1.71. The zero-order valence-electron chi connectivity index (χ0n) is 16.7. The van der Waals surface area contributed by atoms with Crippen LogP contribution in [0.5, 0.6) is 0 Å². The summed E-state index contributed by atoms with van der Waals surface area (Å²) in [5.41, 5.74) is 3.04. The topological polar surface area (TPSA) is 115 Å². The van der Waals surface area contributed by atoms with Crippen molar-refractivity contribution in [3.63, 3.8) is 0 Å². The van der Waals surface area contributed by atoms with E-state index in [0.29, 0.717) is 22.5 Å². The lowest BCUT2D eigenvalue weighted by Gasteiger charge is -2.07. The molecule has 1 aliphatic heterocycles. The molecule has 1 aromatic carbocycles. The van der Waals surface area contributed by atoms with Crippen LogP contribution in [0.1, 0.15) is 67.8 Å². The van der Waals surface area contributed by atoms with Crippen molar-refractivity contribution in [3.8, 4) is 0 Å². The summed E-state index contributed by atoms with van der Waals surface area (Å²) in [4.78, 5) is 51.5. The Kier molecular flexibility index (Phi) is 5.54. The molecular weight excluding hydrogens is 376 g/mol. The minimum Gasteiger partial charge on any atom is -0.461 e. The van der Waals surface area contributed by atoms with Gasteiger partial charge in [-0.2, -0.15) is 0 Å². The highest BCUT2D eigenvalue weighted by Crippen LogP contribution is 2.32. The molecule has 0 saturated heterocycles.